The molecule has 0 radical (unpaired) electrons. The molecular formula is C26H25ClN4O4S. The van der Waals surface area contributed by atoms with E-state index >= 15 is 0 Å². The van der Waals surface area contributed by atoms with Crippen molar-refractivity contribution in [2.45, 2.75) is 25.2 Å². The lowest BCUT2D eigenvalue weighted by atomic mass is 9.89. The van der Waals surface area contributed by atoms with Gasteiger partial charge < -0.3 is 19.3 Å². The van der Waals surface area contributed by atoms with E-state index in [-0.39, 0.29) is 24.5 Å². The number of fused-ring (bicyclic) bond motifs is 2. The van der Waals surface area contributed by atoms with E-state index in [4.69, 9.17) is 26.1 Å². The highest BCUT2D eigenvalue weighted by molar-refractivity contribution is 7.16. The normalized spacial score (nSPS) is 18.6. The minimum absolute atomic E-state index is 0.119. The van der Waals surface area contributed by atoms with Crippen LogP contribution in [0.2, 0.25) is 5.02 Å². The van der Waals surface area contributed by atoms with E-state index in [0.29, 0.717) is 35.3 Å². The van der Waals surface area contributed by atoms with Crippen LogP contribution in [-0.2, 0) is 11.2 Å². The Morgan fingerprint density at radius 3 is 2.69 bits per heavy atom. The Kier molecular flexibility index (Phi) is 6.18. The van der Waals surface area contributed by atoms with E-state index in [9.17, 15) is 9.59 Å². The number of anilines is 2. The van der Waals surface area contributed by atoms with Gasteiger partial charge in [-0.1, -0.05) is 23.7 Å². The number of thiazole rings is 1. The SMILES string of the molecule is O=C(Nc1nc2c(s1)CCCC2C(=O)N1CCN(c2ccccc2Cl)CC1)c1ccc2c(c1)OCO2. The van der Waals surface area contributed by atoms with E-state index in [1.54, 1.807) is 18.2 Å². The summed E-state index contributed by atoms with van der Waals surface area (Å²) in [5, 5.41) is 4.15. The number of carbonyl (C=O) groups is 2. The molecule has 1 atom stereocenters. The summed E-state index contributed by atoms with van der Waals surface area (Å²) < 4.78 is 10.7. The Hall–Kier alpha value is -3.30. The second-order valence-corrected chi connectivity index (χ2v) is 10.5. The molecule has 3 aromatic rings. The van der Waals surface area contributed by atoms with Crippen LogP contribution in [0, 0.1) is 0 Å². The van der Waals surface area contributed by atoms with E-state index < -0.39 is 0 Å². The molecule has 1 N–H and O–H groups in total. The molecule has 1 saturated heterocycles. The van der Waals surface area contributed by atoms with Crippen molar-refractivity contribution in [1.29, 1.82) is 0 Å². The summed E-state index contributed by atoms with van der Waals surface area (Å²) in [6.07, 6.45) is 2.58. The lowest BCUT2D eigenvalue weighted by Crippen LogP contribution is -2.50. The van der Waals surface area contributed by atoms with Crippen LogP contribution in [0.4, 0.5) is 10.8 Å². The average Bonchev–Trinajstić information content (AvgIpc) is 3.54. The summed E-state index contributed by atoms with van der Waals surface area (Å²) in [6.45, 7) is 2.93. The van der Waals surface area contributed by atoms with E-state index in [0.717, 1.165) is 53.6 Å². The van der Waals surface area contributed by atoms with Gasteiger partial charge in [0, 0.05) is 36.6 Å². The summed E-state index contributed by atoms with van der Waals surface area (Å²) in [7, 11) is 0. The van der Waals surface area contributed by atoms with Gasteiger partial charge in [-0.15, -0.1) is 11.3 Å². The Labute approximate surface area is 217 Å². The topological polar surface area (TPSA) is 84.0 Å². The van der Waals surface area contributed by atoms with Crippen LogP contribution >= 0.6 is 22.9 Å². The molecule has 0 saturated carbocycles. The molecule has 186 valence electrons. The van der Waals surface area contributed by atoms with Crippen molar-refractivity contribution in [2.75, 3.05) is 43.2 Å². The third-order valence-electron chi connectivity index (χ3n) is 6.89. The second-order valence-electron chi connectivity index (χ2n) is 9.06. The van der Waals surface area contributed by atoms with Gasteiger partial charge in [0.15, 0.2) is 16.6 Å². The number of nitrogens with zero attached hydrogens (tertiary/aromatic N) is 3. The number of hydrogen-bond donors (Lipinski definition) is 1. The predicted octanol–water partition coefficient (Wildman–Crippen LogP) is 4.55. The third kappa shape index (κ3) is 4.37. The number of carbonyl (C=O) groups excluding carboxylic acids is 2. The molecule has 3 heterocycles. The van der Waals surface area contributed by atoms with Crippen LogP contribution in [0.15, 0.2) is 42.5 Å². The summed E-state index contributed by atoms with van der Waals surface area (Å²) in [5.41, 5.74) is 2.29. The molecule has 1 fully saturated rings. The van der Waals surface area contributed by atoms with Gasteiger partial charge in [-0.3, -0.25) is 14.9 Å². The number of para-hydroxylation sites is 1. The number of benzene rings is 2. The van der Waals surface area contributed by atoms with Crippen LogP contribution in [-0.4, -0.2) is 54.7 Å². The average molecular weight is 525 g/mol. The molecule has 6 rings (SSSR count). The van der Waals surface area contributed by atoms with E-state index in [1.807, 2.05) is 29.2 Å². The Morgan fingerprint density at radius 1 is 1.06 bits per heavy atom. The molecule has 2 amide bonds. The quantitative estimate of drug-likeness (QED) is 0.539. The molecule has 2 aliphatic heterocycles. The number of aryl methyl sites for hydroxylation is 1. The fraction of sp³-hybridized carbons (Fsp3) is 0.346. The van der Waals surface area contributed by atoms with Crippen molar-refractivity contribution in [3.63, 3.8) is 0 Å². The van der Waals surface area contributed by atoms with Gasteiger partial charge in [-0.05, 0) is 49.6 Å². The summed E-state index contributed by atoms with van der Waals surface area (Å²) in [5.74, 6) is 0.770. The van der Waals surface area contributed by atoms with Crippen LogP contribution in [0.5, 0.6) is 11.5 Å². The highest BCUT2D eigenvalue weighted by Gasteiger charge is 2.34. The zero-order chi connectivity index (χ0) is 24.6. The zero-order valence-electron chi connectivity index (χ0n) is 19.5. The number of hydrogen-bond acceptors (Lipinski definition) is 7. The number of halogens is 1. The maximum absolute atomic E-state index is 13.5. The molecule has 1 aromatic heterocycles. The number of aromatic nitrogens is 1. The summed E-state index contributed by atoms with van der Waals surface area (Å²) in [4.78, 5) is 36.3. The van der Waals surface area contributed by atoms with Gasteiger partial charge in [-0.2, -0.15) is 0 Å². The van der Waals surface area contributed by atoms with Crippen molar-refractivity contribution in [2.24, 2.45) is 0 Å². The van der Waals surface area contributed by atoms with E-state index in [1.165, 1.54) is 11.3 Å². The first-order valence-electron chi connectivity index (χ1n) is 12.1. The highest BCUT2D eigenvalue weighted by Crippen LogP contribution is 2.39. The molecule has 10 heteroatoms. The van der Waals surface area contributed by atoms with Gasteiger partial charge >= 0.3 is 0 Å². The first-order valence-corrected chi connectivity index (χ1v) is 13.2. The minimum Gasteiger partial charge on any atom is -0.454 e. The monoisotopic (exact) mass is 524 g/mol. The van der Waals surface area contributed by atoms with Crippen LogP contribution in [0.25, 0.3) is 0 Å². The molecule has 1 unspecified atom stereocenters. The highest BCUT2D eigenvalue weighted by atomic mass is 35.5. The number of nitrogens with one attached hydrogen (secondary N) is 1. The summed E-state index contributed by atoms with van der Waals surface area (Å²) in [6, 6.07) is 12.9. The van der Waals surface area contributed by atoms with Crippen molar-refractivity contribution < 1.29 is 19.1 Å². The minimum atomic E-state index is -0.270. The van der Waals surface area contributed by atoms with Crippen LogP contribution in [0.3, 0.4) is 0 Å². The first-order chi connectivity index (χ1) is 17.6. The van der Waals surface area contributed by atoms with Gasteiger partial charge in [0.25, 0.3) is 5.91 Å². The van der Waals surface area contributed by atoms with Crippen molar-refractivity contribution in [3.8, 4) is 11.5 Å². The number of piperazine rings is 1. The fourth-order valence-corrected chi connectivity index (χ4v) is 6.33. The predicted molar refractivity (Wildman–Crippen MR) is 139 cm³/mol. The standard InChI is InChI=1S/C26H25ClN4O4S/c27-18-5-1-2-6-19(18)30-10-12-31(13-11-30)25(33)17-4-3-7-22-23(17)28-26(36-22)29-24(32)16-8-9-20-21(14-16)35-15-34-20/h1-2,5-6,8-9,14,17H,3-4,7,10-13,15H2,(H,28,29,32). The maximum atomic E-state index is 13.5. The van der Waals surface area contributed by atoms with Gasteiger partial charge in [-0.25, -0.2) is 4.98 Å². The number of rotatable bonds is 4. The third-order valence-corrected chi connectivity index (χ3v) is 8.26. The molecule has 0 spiro atoms. The van der Waals surface area contributed by atoms with Gasteiger partial charge in [0.2, 0.25) is 12.7 Å². The largest absolute Gasteiger partial charge is 0.454 e. The number of amides is 2. The first kappa shape index (κ1) is 23.1. The number of ether oxygens (including phenoxy) is 2. The maximum Gasteiger partial charge on any atom is 0.257 e. The van der Waals surface area contributed by atoms with Crippen LogP contribution in [0.1, 0.15) is 39.7 Å². The Balaban J connectivity index is 1.13. The van der Waals surface area contributed by atoms with Crippen molar-refractivity contribution in [1.82, 2.24) is 9.88 Å². The lowest BCUT2D eigenvalue weighted by Gasteiger charge is -2.38. The summed E-state index contributed by atoms with van der Waals surface area (Å²) >= 11 is 7.82. The van der Waals surface area contributed by atoms with Crippen molar-refractivity contribution in [3.05, 3.63) is 63.6 Å². The lowest BCUT2D eigenvalue weighted by molar-refractivity contribution is -0.133. The molecule has 36 heavy (non-hydrogen) atoms. The molecule has 8 nitrogen and oxygen atoms in total. The second kappa shape index (κ2) is 9.63. The van der Waals surface area contributed by atoms with Crippen molar-refractivity contribution >= 4 is 45.6 Å². The van der Waals surface area contributed by atoms with Gasteiger partial charge in [0.1, 0.15) is 0 Å². The molecular weight excluding hydrogens is 500 g/mol. The van der Waals surface area contributed by atoms with Gasteiger partial charge in [0.05, 0.1) is 22.3 Å². The Morgan fingerprint density at radius 2 is 1.86 bits per heavy atom. The molecule has 2 aromatic carbocycles. The molecule has 1 aliphatic carbocycles. The molecule has 3 aliphatic rings. The fourth-order valence-electron chi connectivity index (χ4n) is 5.02. The van der Waals surface area contributed by atoms with Crippen LogP contribution < -0.4 is 19.7 Å². The zero-order valence-corrected chi connectivity index (χ0v) is 21.1. The Bertz CT molecular complexity index is 1320. The van der Waals surface area contributed by atoms with E-state index in [2.05, 4.69) is 10.2 Å². The smallest absolute Gasteiger partial charge is 0.257 e. The molecule has 0 bridgehead atoms.